The van der Waals surface area contributed by atoms with Crippen LogP contribution in [0.1, 0.15) is 23.2 Å². The number of imidazole rings is 1. The lowest BCUT2D eigenvalue weighted by Gasteiger charge is -2.26. The summed E-state index contributed by atoms with van der Waals surface area (Å²) in [6, 6.07) is 12.5. The molecule has 0 spiro atoms. The van der Waals surface area contributed by atoms with E-state index in [9.17, 15) is 8.78 Å². The standard InChI is InChI=1S/C21H19BrF2N4/c1-27-14-26-12-18(27)13-28(10-2-3-15-4-7-17(22)8-5-15)19-9-6-16(11-25)20(23)21(19)24/h4-9,12,14H,2-3,10,13H2,1H3. The minimum absolute atomic E-state index is 0.147. The van der Waals surface area contributed by atoms with Crippen LogP contribution in [0.2, 0.25) is 0 Å². The Labute approximate surface area is 171 Å². The largest absolute Gasteiger partial charge is 0.363 e. The third-order valence-electron chi connectivity index (χ3n) is 4.60. The summed E-state index contributed by atoms with van der Waals surface area (Å²) in [6.45, 7) is 0.919. The van der Waals surface area contributed by atoms with E-state index in [2.05, 4.69) is 20.9 Å². The number of anilines is 1. The molecule has 0 N–H and O–H groups in total. The van der Waals surface area contributed by atoms with Gasteiger partial charge in [-0.15, -0.1) is 0 Å². The Balaban J connectivity index is 1.81. The van der Waals surface area contributed by atoms with E-state index < -0.39 is 11.6 Å². The first-order valence-electron chi connectivity index (χ1n) is 8.82. The number of hydrogen-bond acceptors (Lipinski definition) is 3. The second kappa shape index (κ2) is 8.98. The van der Waals surface area contributed by atoms with Gasteiger partial charge in [0, 0.05) is 24.3 Å². The Morgan fingerprint density at radius 2 is 1.89 bits per heavy atom. The zero-order valence-corrected chi connectivity index (χ0v) is 17.0. The highest BCUT2D eigenvalue weighted by molar-refractivity contribution is 9.10. The van der Waals surface area contributed by atoms with Crippen LogP contribution in [0.15, 0.2) is 53.4 Å². The molecule has 144 valence electrons. The van der Waals surface area contributed by atoms with E-state index in [4.69, 9.17) is 5.26 Å². The number of nitriles is 1. The predicted octanol–water partition coefficient (Wildman–Crippen LogP) is 4.97. The molecule has 0 aliphatic heterocycles. The normalized spacial score (nSPS) is 10.7. The minimum Gasteiger partial charge on any atom is -0.363 e. The van der Waals surface area contributed by atoms with Gasteiger partial charge < -0.3 is 9.47 Å². The molecule has 4 nitrogen and oxygen atoms in total. The lowest BCUT2D eigenvalue weighted by atomic mass is 10.1. The number of aryl methyl sites for hydroxylation is 2. The van der Waals surface area contributed by atoms with Crippen LogP contribution < -0.4 is 4.90 Å². The molecule has 0 saturated heterocycles. The van der Waals surface area contributed by atoms with E-state index in [-0.39, 0.29) is 11.3 Å². The van der Waals surface area contributed by atoms with E-state index in [1.807, 2.05) is 35.9 Å². The quantitative estimate of drug-likeness (QED) is 0.516. The van der Waals surface area contributed by atoms with Gasteiger partial charge in [-0.25, -0.2) is 13.8 Å². The van der Waals surface area contributed by atoms with Gasteiger partial charge in [0.2, 0.25) is 0 Å². The van der Waals surface area contributed by atoms with Crippen molar-refractivity contribution in [3.05, 3.63) is 81.9 Å². The van der Waals surface area contributed by atoms with Gasteiger partial charge in [-0.2, -0.15) is 5.26 Å². The highest BCUT2D eigenvalue weighted by atomic mass is 79.9. The smallest absolute Gasteiger partial charge is 0.183 e. The number of benzene rings is 2. The number of hydrogen-bond donors (Lipinski definition) is 0. The van der Waals surface area contributed by atoms with Crippen LogP contribution in [-0.2, 0) is 20.0 Å². The van der Waals surface area contributed by atoms with Crippen LogP contribution >= 0.6 is 15.9 Å². The Kier molecular flexibility index (Phi) is 6.42. The maximum atomic E-state index is 14.6. The minimum atomic E-state index is -1.11. The lowest BCUT2D eigenvalue weighted by Crippen LogP contribution is -2.26. The van der Waals surface area contributed by atoms with E-state index in [1.54, 1.807) is 23.5 Å². The maximum absolute atomic E-state index is 14.6. The molecular formula is C21H19BrF2N4. The molecule has 1 heterocycles. The molecule has 2 aromatic carbocycles. The predicted molar refractivity (Wildman–Crippen MR) is 108 cm³/mol. The molecule has 0 atom stereocenters. The van der Waals surface area contributed by atoms with Gasteiger partial charge in [0.1, 0.15) is 6.07 Å². The first-order valence-corrected chi connectivity index (χ1v) is 9.61. The second-order valence-electron chi connectivity index (χ2n) is 6.52. The summed E-state index contributed by atoms with van der Waals surface area (Å²) in [6.07, 6.45) is 4.96. The number of rotatable bonds is 7. The van der Waals surface area contributed by atoms with Gasteiger partial charge in [-0.1, -0.05) is 28.1 Å². The summed E-state index contributed by atoms with van der Waals surface area (Å²) in [5, 5.41) is 8.92. The molecule has 0 saturated carbocycles. The van der Waals surface area contributed by atoms with Crippen LogP contribution in [-0.4, -0.2) is 16.1 Å². The number of aromatic nitrogens is 2. The molecule has 0 radical (unpaired) electrons. The van der Waals surface area contributed by atoms with Gasteiger partial charge in [0.15, 0.2) is 11.6 Å². The highest BCUT2D eigenvalue weighted by Crippen LogP contribution is 2.26. The van der Waals surface area contributed by atoms with Crippen molar-refractivity contribution in [2.45, 2.75) is 19.4 Å². The second-order valence-corrected chi connectivity index (χ2v) is 7.44. The average Bonchev–Trinajstić information content (AvgIpc) is 3.09. The first kappa shape index (κ1) is 20.0. The molecular weight excluding hydrogens is 426 g/mol. The Hall–Kier alpha value is -2.72. The van der Waals surface area contributed by atoms with Crippen LogP contribution in [0.3, 0.4) is 0 Å². The van der Waals surface area contributed by atoms with Crippen molar-refractivity contribution in [3.63, 3.8) is 0 Å². The Morgan fingerprint density at radius 1 is 1.14 bits per heavy atom. The lowest BCUT2D eigenvalue weighted by molar-refractivity contribution is 0.502. The van der Waals surface area contributed by atoms with Gasteiger partial charge in [-0.3, -0.25) is 0 Å². The third kappa shape index (κ3) is 4.57. The van der Waals surface area contributed by atoms with Crippen molar-refractivity contribution in [1.82, 2.24) is 9.55 Å². The summed E-state index contributed by atoms with van der Waals surface area (Å²) in [5.41, 5.74) is 1.91. The average molecular weight is 445 g/mol. The third-order valence-corrected chi connectivity index (χ3v) is 5.13. The van der Waals surface area contributed by atoms with E-state index in [1.165, 1.54) is 17.7 Å². The fraction of sp³-hybridized carbons (Fsp3) is 0.238. The van der Waals surface area contributed by atoms with Crippen molar-refractivity contribution < 1.29 is 8.78 Å². The molecule has 0 fully saturated rings. The summed E-state index contributed by atoms with van der Waals surface area (Å²) in [5.74, 6) is -2.10. The zero-order chi connectivity index (χ0) is 20.1. The van der Waals surface area contributed by atoms with Gasteiger partial charge in [0.05, 0.1) is 29.8 Å². The van der Waals surface area contributed by atoms with Gasteiger partial charge >= 0.3 is 0 Å². The van der Waals surface area contributed by atoms with Crippen LogP contribution in [0.5, 0.6) is 0 Å². The molecule has 28 heavy (non-hydrogen) atoms. The monoisotopic (exact) mass is 444 g/mol. The Morgan fingerprint density at radius 3 is 2.54 bits per heavy atom. The van der Waals surface area contributed by atoms with E-state index >= 15 is 0 Å². The summed E-state index contributed by atoms with van der Waals surface area (Å²) < 4.78 is 31.7. The van der Waals surface area contributed by atoms with Crippen molar-refractivity contribution >= 4 is 21.6 Å². The molecule has 3 rings (SSSR count). The fourth-order valence-corrected chi connectivity index (χ4v) is 3.28. The van der Waals surface area contributed by atoms with Crippen molar-refractivity contribution in [2.24, 2.45) is 7.05 Å². The van der Waals surface area contributed by atoms with Crippen LogP contribution in [0, 0.1) is 23.0 Å². The molecule has 0 aliphatic carbocycles. The van der Waals surface area contributed by atoms with E-state index in [0.29, 0.717) is 13.1 Å². The van der Waals surface area contributed by atoms with Crippen molar-refractivity contribution in [2.75, 3.05) is 11.4 Å². The highest BCUT2D eigenvalue weighted by Gasteiger charge is 2.19. The Bertz CT molecular complexity index is 993. The van der Waals surface area contributed by atoms with Gasteiger partial charge in [-0.05, 0) is 42.7 Å². The van der Waals surface area contributed by atoms with Crippen molar-refractivity contribution in [1.29, 1.82) is 5.26 Å². The number of halogens is 3. The summed E-state index contributed by atoms with van der Waals surface area (Å²) in [7, 11) is 1.86. The zero-order valence-electron chi connectivity index (χ0n) is 15.4. The SMILES string of the molecule is Cn1cncc1CN(CCCc1ccc(Br)cc1)c1ccc(C#N)c(F)c1F. The number of nitrogens with zero attached hydrogens (tertiary/aromatic N) is 4. The molecule has 0 bridgehead atoms. The van der Waals surface area contributed by atoms with Crippen molar-refractivity contribution in [3.8, 4) is 6.07 Å². The molecule has 3 aromatic rings. The van der Waals surface area contributed by atoms with E-state index in [0.717, 1.165) is 23.0 Å². The molecule has 7 heteroatoms. The molecule has 0 amide bonds. The van der Waals surface area contributed by atoms with Gasteiger partial charge in [0.25, 0.3) is 0 Å². The molecule has 1 aromatic heterocycles. The van der Waals surface area contributed by atoms with Crippen LogP contribution in [0.25, 0.3) is 0 Å². The molecule has 0 aliphatic rings. The summed E-state index contributed by atoms with van der Waals surface area (Å²) in [4.78, 5) is 5.88. The topological polar surface area (TPSA) is 44.9 Å². The maximum Gasteiger partial charge on any atom is 0.183 e. The summed E-state index contributed by atoms with van der Waals surface area (Å²) >= 11 is 3.42. The first-order chi connectivity index (χ1) is 13.5. The fourth-order valence-electron chi connectivity index (χ4n) is 3.01. The molecule has 0 unspecified atom stereocenters. The van der Waals surface area contributed by atoms with Crippen LogP contribution in [0.4, 0.5) is 14.5 Å².